The van der Waals surface area contributed by atoms with Crippen molar-refractivity contribution in [1.29, 1.82) is 5.26 Å². The summed E-state index contributed by atoms with van der Waals surface area (Å²) in [7, 11) is -3.50. The van der Waals surface area contributed by atoms with Gasteiger partial charge in [-0.25, -0.2) is 8.42 Å². The number of rotatable bonds is 6. The van der Waals surface area contributed by atoms with Gasteiger partial charge in [-0.15, -0.1) is 23.4 Å². The van der Waals surface area contributed by atoms with Gasteiger partial charge in [0.2, 0.25) is 0 Å². The molecule has 6 heteroatoms. The van der Waals surface area contributed by atoms with Crippen LogP contribution in [0.3, 0.4) is 0 Å². The van der Waals surface area contributed by atoms with Crippen LogP contribution < -0.4 is 0 Å². The molecular formula is C13H16ClNO2S2. The van der Waals surface area contributed by atoms with Crippen LogP contribution >= 0.6 is 23.4 Å². The van der Waals surface area contributed by atoms with Crippen molar-refractivity contribution in [3.05, 3.63) is 23.8 Å². The Labute approximate surface area is 123 Å². The summed E-state index contributed by atoms with van der Waals surface area (Å²) in [6.45, 7) is 3.58. The predicted molar refractivity (Wildman–Crippen MR) is 79.5 cm³/mol. The largest absolute Gasteiger partial charge is 0.223 e. The molecule has 0 amide bonds. The summed E-state index contributed by atoms with van der Waals surface area (Å²) >= 11 is 7.08. The molecule has 0 saturated heterocycles. The Hall–Kier alpha value is -0.700. The molecule has 0 N–H and O–H groups in total. The van der Waals surface area contributed by atoms with Crippen LogP contribution in [-0.4, -0.2) is 25.3 Å². The number of hydrogen-bond acceptors (Lipinski definition) is 4. The van der Waals surface area contributed by atoms with Gasteiger partial charge < -0.3 is 0 Å². The second-order valence-corrected chi connectivity index (χ2v) is 8.03. The molecule has 0 fully saturated rings. The summed E-state index contributed by atoms with van der Waals surface area (Å²) in [5.74, 6) is 1.07. The molecule has 0 aliphatic carbocycles. The first-order valence-electron chi connectivity index (χ1n) is 5.94. The molecule has 1 rings (SSSR count). The van der Waals surface area contributed by atoms with Crippen LogP contribution in [0.15, 0.2) is 28.0 Å². The van der Waals surface area contributed by atoms with E-state index in [1.807, 2.05) is 13.0 Å². The third-order valence-corrected chi connectivity index (χ3v) is 6.16. The summed E-state index contributed by atoms with van der Waals surface area (Å²) in [5.41, 5.74) is 0.246. The number of thioether (sulfide) groups is 1. The lowest BCUT2D eigenvalue weighted by molar-refractivity contribution is 0.581. The maximum absolute atomic E-state index is 12.4. The molecular weight excluding hydrogens is 302 g/mol. The van der Waals surface area contributed by atoms with Crippen LogP contribution in [0.4, 0.5) is 0 Å². The second kappa shape index (κ2) is 7.18. The van der Waals surface area contributed by atoms with Gasteiger partial charge in [-0.3, -0.25) is 0 Å². The Morgan fingerprint density at radius 2 is 2.16 bits per heavy atom. The van der Waals surface area contributed by atoms with Crippen molar-refractivity contribution in [2.75, 3.05) is 11.6 Å². The molecule has 1 unspecified atom stereocenters. The van der Waals surface area contributed by atoms with Crippen molar-refractivity contribution in [1.82, 2.24) is 0 Å². The maximum atomic E-state index is 12.4. The molecule has 0 saturated carbocycles. The first-order valence-corrected chi connectivity index (χ1v) is 9.01. The van der Waals surface area contributed by atoms with Crippen LogP contribution in [-0.2, 0) is 9.84 Å². The lowest BCUT2D eigenvalue weighted by Gasteiger charge is -2.14. The third kappa shape index (κ3) is 3.65. The zero-order valence-corrected chi connectivity index (χ0v) is 13.3. The highest BCUT2D eigenvalue weighted by atomic mass is 35.5. The lowest BCUT2D eigenvalue weighted by Crippen LogP contribution is -2.19. The van der Waals surface area contributed by atoms with Crippen LogP contribution in [0.2, 0.25) is 0 Å². The van der Waals surface area contributed by atoms with Crippen molar-refractivity contribution in [3.63, 3.8) is 0 Å². The zero-order valence-electron chi connectivity index (χ0n) is 10.9. The van der Waals surface area contributed by atoms with E-state index in [0.717, 1.165) is 5.75 Å². The van der Waals surface area contributed by atoms with Crippen LogP contribution in [0, 0.1) is 11.3 Å². The Kier molecular flexibility index (Phi) is 6.18. The van der Waals surface area contributed by atoms with E-state index in [1.165, 1.54) is 17.8 Å². The molecule has 0 radical (unpaired) electrons. The Bertz CT molecular complexity index is 579. The Balaban J connectivity index is 3.35. The van der Waals surface area contributed by atoms with Gasteiger partial charge in [0.1, 0.15) is 6.07 Å². The summed E-state index contributed by atoms with van der Waals surface area (Å²) in [5, 5.41) is 8.66. The molecule has 104 valence electrons. The van der Waals surface area contributed by atoms with Crippen LogP contribution in [0.1, 0.15) is 25.8 Å². The number of sulfone groups is 1. The number of hydrogen-bond donors (Lipinski definition) is 0. The number of nitriles is 1. The van der Waals surface area contributed by atoms with E-state index in [0.29, 0.717) is 11.3 Å². The smallest absolute Gasteiger partial charge is 0.182 e. The zero-order chi connectivity index (χ0) is 14.5. The molecule has 0 aliphatic heterocycles. The maximum Gasteiger partial charge on any atom is 0.182 e. The fourth-order valence-corrected chi connectivity index (χ4v) is 4.54. The van der Waals surface area contributed by atoms with Crippen LogP contribution in [0.5, 0.6) is 0 Å². The van der Waals surface area contributed by atoms with Gasteiger partial charge in [0, 0.05) is 10.8 Å². The lowest BCUT2D eigenvalue weighted by atomic mass is 10.2. The quantitative estimate of drug-likeness (QED) is 0.595. The number of benzene rings is 1. The molecule has 3 nitrogen and oxygen atoms in total. The molecule has 0 aliphatic rings. The molecule has 0 heterocycles. The Morgan fingerprint density at radius 3 is 2.68 bits per heavy atom. The Morgan fingerprint density at radius 1 is 1.47 bits per heavy atom. The second-order valence-electron chi connectivity index (χ2n) is 4.01. The highest BCUT2D eigenvalue weighted by Gasteiger charge is 2.26. The topological polar surface area (TPSA) is 57.9 Å². The van der Waals surface area contributed by atoms with Crippen molar-refractivity contribution < 1.29 is 8.42 Å². The van der Waals surface area contributed by atoms with E-state index in [-0.39, 0.29) is 16.3 Å². The van der Waals surface area contributed by atoms with Gasteiger partial charge in [-0.05, 0) is 31.2 Å². The first-order chi connectivity index (χ1) is 8.98. The van der Waals surface area contributed by atoms with Crippen molar-refractivity contribution >= 4 is 33.2 Å². The number of halogens is 1. The molecule has 19 heavy (non-hydrogen) atoms. The third-order valence-electron chi connectivity index (χ3n) is 2.75. The van der Waals surface area contributed by atoms with Crippen molar-refractivity contribution in [2.45, 2.75) is 35.3 Å². The SMILES string of the molecule is CCSc1cccc(S(=O)(=O)C(C)CCCl)c1C#N. The molecule has 1 atom stereocenters. The fraction of sp³-hybridized carbons (Fsp3) is 0.462. The molecule has 1 aromatic carbocycles. The highest BCUT2D eigenvalue weighted by molar-refractivity contribution is 7.99. The van der Waals surface area contributed by atoms with Gasteiger partial charge in [0.05, 0.1) is 15.7 Å². The first kappa shape index (κ1) is 16.4. The average molecular weight is 318 g/mol. The minimum Gasteiger partial charge on any atom is -0.223 e. The molecule has 0 bridgehead atoms. The summed E-state index contributed by atoms with van der Waals surface area (Å²) < 4.78 is 24.9. The van der Waals surface area contributed by atoms with Crippen LogP contribution in [0.25, 0.3) is 0 Å². The van der Waals surface area contributed by atoms with Crippen molar-refractivity contribution in [3.8, 4) is 6.07 Å². The van der Waals surface area contributed by atoms with E-state index in [1.54, 1.807) is 19.1 Å². The monoisotopic (exact) mass is 317 g/mol. The fourth-order valence-electron chi connectivity index (χ4n) is 1.66. The normalized spacial score (nSPS) is 12.9. The standard InChI is InChI=1S/C13H16ClNO2S2/c1-3-18-12-5-4-6-13(11(12)9-15)19(16,17)10(2)7-8-14/h4-6,10H,3,7-8H2,1-2H3. The molecule has 0 aromatic heterocycles. The van der Waals surface area contributed by atoms with E-state index in [9.17, 15) is 13.7 Å². The van der Waals surface area contributed by atoms with E-state index in [4.69, 9.17) is 11.6 Å². The summed E-state index contributed by atoms with van der Waals surface area (Å²) in [6, 6.07) is 6.97. The number of nitrogens with zero attached hydrogens (tertiary/aromatic N) is 1. The minimum absolute atomic E-state index is 0.117. The minimum atomic E-state index is -3.50. The summed E-state index contributed by atoms with van der Waals surface area (Å²) in [6.07, 6.45) is 0.375. The summed E-state index contributed by atoms with van der Waals surface area (Å²) in [4.78, 5) is 0.829. The predicted octanol–water partition coefficient (Wildman–Crippen LogP) is 3.46. The van der Waals surface area contributed by atoms with E-state index in [2.05, 4.69) is 0 Å². The van der Waals surface area contributed by atoms with Gasteiger partial charge in [0.15, 0.2) is 9.84 Å². The van der Waals surface area contributed by atoms with Crippen molar-refractivity contribution in [2.24, 2.45) is 0 Å². The number of alkyl halides is 1. The molecule has 1 aromatic rings. The van der Waals surface area contributed by atoms with E-state index < -0.39 is 15.1 Å². The van der Waals surface area contributed by atoms with Gasteiger partial charge in [0.25, 0.3) is 0 Å². The van der Waals surface area contributed by atoms with Gasteiger partial charge >= 0.3 is 0 Å². The highest BCUT2D eigenvalue weighted by Crippen LogP contribution is 2.30. The van der Waals surface area contributed by atoms with E-state index >= 15 is 0 Å². The van der Waals surface area contributed by atoms with Gasteiger partial charge in [-0.2, -0.15) is 5.26 Å². The van der Waals surface area contributed by atoms with Gasteiger partial charge in [-0.1, -0.05) is 13.0 Å². The molecule has 0 spiro atoms. The average Bonchev–Trinajstić information content (AvgIpc) is 2.39.